The van der Waals surface area contributed by atoms with Crippen LogP contribution in [0.1, 0.15) is 17.3 Å². The number of hydrogen-bond acceptors (Lipinski definition) is 2. The van der Waals surface area contributed by atoms with Crippen LogP contribution in [0, 0.1) is 5.92 Å². The zero-order valence-electron chi connectivity index (χ0n) is 11.6. The summed E-state index contributed by atoms with van der Waals surface area (Å²) in [6.45, 7) is 3.89. The highest BCUT2D eigenvalue weighted by atomic mass is 16.5. The molecule has 0 spiro atoms. The van der Waals surface area contributed by atoms with Crippen molar-refractivity contribution in [2.75, 3.05) is 34.3 Å². The van der Waals surface area contributed by atoms with Gasteiger partial charge in [-0.15, -0.1) is 0 Å². The Morgan fingerprint density at radius 2 is 1.94 bits per heavy atom. The van der Waals surface area contributed by atoms with E-state index in [1.54, 1.807) is 31.4 Å². The molecule has 0 aliphatic carbocycles. The summed E-state index contributed by atoms with van der Waals surface area (Å²) < 4.78 is 5.06. The minimum atomic E-state index is -0.0294. The number of rotatable bonds is 6. The minimum Gasteiger partial charge on any atom is -0.497 e. The summed E-state index contributed by atoms with van der Waals surface area (Å²) in [7, 11) is 5.84. The topological polar surface area (TPSA) is 42.8 Å². The highest BCUT2D eigenvalue weighted by molar-refractivity contribution is 5.94. The Morgan fingerprint density at radius 1 is 1.33 bits per heavy atom. The second-order valence-corrected chi connectivity index (χ2v) is 4.95. The van der Waals surface area contributed by atoms with Gasteiger partial charge in [0.15, 0.2) is 0 Å². The van der Waals surface area contributed by atoms with Gasteiger partial charge in [0.1, 0.15) is 5.75 Å². The summed E-state index contributed by atoms with van der Waals surface area (Å²) in [5.74, 6) is 1.20. The van der Waals surface area contributed by atoms with Gasteiger partial charge in [0, 0.05) is 18.0 Å². The molecule has 0 aliphatic rings. The van der Waals surface area contributed by atoms with Crippen LogP contribution in [0.2, 0.25) is 0 Å². The van der Waals surface area contributed by atoms with Crippen LogP contribution in [0.3, 0.4) is 0 Å². The summed E-state index contributed by atoms with van der Waals surface area (Å²) in [6, 6.07) is 7.14. The molecule has 0 saturated carbocycles. The van der Waals surface area contributed by atoms with Crippen molar-refractivity contribution in [2.24, 2.45) is 5.92 Å². The summed E-state index contributed by atoms with van der Waals surface area (Å²) in [5.41, 5.74) is 0.667. The van der Waals surface area contributed by atoms with Gasteiger partial charge in [0.05, 0.1) is 27.7 Å². The molecule has 18 heavy (non-hydrogen) atoms. The number of benzene rings is 1. The van der Waals surface area contributed by atoms with E-state index in [1.807, 2.05) is 0 Å². The van der Waals surface area contributed by atoms with Crippen LogP contribution in [0.5, 0.6) is 5.75 Å². The number of nitrogens with one attached hydrogen (secondary N) is 2. The molecule has 1 amide bonds. The van der Waals surface area contributed by atoms with Gasteiger partial charge in [-0.2, -0.15) is 0 Å². The van der Waals surface area contributed by atoms with Gasteiger partial charge in [0.25, 0.3) is 5.91 Å². The monoisotopic (exact) mass is 251 g/mol. The molecular weight excluding hydrogens is 228 g/mol. The number of hydrogen-bond donors (Lipinski definition) is 2. The number of carbonyl (C=O) groups is 1. The van der Waals surface area contributed by atoms with E-state index in [4.69, 9.17) is 4.74 Å². The minimum absolute atomic E-state index is 0.0294. The van der Waals surface area contributed by atoms with E-state index in [0.29, 0.717) is 18.0 Å². The summed E-state index contributed by atoms with van der Waals surface area (Å²) in [6.07, 6.45) is 0. The van der Waals surface area contributed by atoms with E-state index in [2.05, 4.69) is 26.3 Å². The molecule has 0 fully saturated rings. The lowest BCUT2D eigenvalue weighted by Gasteiger charge is -2.15. The Kier molecular flexibility index (Phi) is 5.65. The summed E-state index contributed by atoms with van der Waals surface area (Å²) in [5, 5.41) is 2.95. The van der Waals surface area contributed by atoms with Crippen molar-refractivity contribution in [2.45, 2.75) is 6.92 Å². The van der Waals surface area contributed by atoms with E-state index in [1.165, 1.54) is 4.90 Å². The largest absolute Gasteiger partial charge is 0.497 e. The first kappa shape index (κ1) is 14.5. The van der Waals surface area contributed by atoms with Crippen LogP contribution in [0.4, 0.5) is 0 Å². The molecule has 100 valence electrons. The van der Waals surface area contributed by atoms with Gasteiger partial charge in [-0.25, -0.2) is 0 Å². The van der Waals surface area contributed by atoms with Crippen molar-refractivity contribution in [3.8, 4) is 5.75 Å². The molecule has 0 aromatic heterocycles. The van der Waals surface area contributed by atoms with Crippen molar-refractivity contribution < 1.29 is 14.4 Å². The standard InChI is InChI=1S/C14H22N2O2/c1-11(10-16(2)3)9-15-14(17)12-5-7-13(18-4)8-6-12/h5-8,11H,9-10H2,1-4H3,(H,15,17)/p+1/t11-/m1/s1. The van der Waals surface area contributed by atoms with Crippen LogP contribution in [-0.2, 0) is 0 Å². The van der Waals surface area contributed by atoms with Gasteiger partial charge < -0.3 is 15.0 Å². The summed E-state index contributed by atoms with van der Waals surface area (Å²) in [4.78, 5) is 13.3. The van der Waals surface area contributed by atoms with Gasteiger partial charge in [-0.1, -0.05) is 6.92 Å². The third-order valence-electron chi connectivity index (χ3n) is 2.72. The molecule has 1 aromatic rings. The molecule has 4 heteroatoms. The van der Waals surface area contributed by atoms with Crippen molar-refractivity contribution in [1.29, 1.82) is 0 Å². The predicted molar refractivity (Wildman–Crippen MR) is 72.2 cm³/mol. The van der Waals surface area contributed by atoms with E-state index in [0.717, 1.165) is 12.3 Å². The zero-order chi connectivity index (χ0) is 13.5. The maximum atomic E-state index is 11.9. The van der Waals surface area contributed by atoms with Gasteiger partial charge in [0.2, 0.25) is 0 Å². The van der Waals surface area contributed by atoms with Crippen LogP contribution < -0.4 is 15.0 Å². The van der Waals surface area contributed by atoms with Gasteiger partial charge in [-0.3, -0.25) is 4.79 Å². The lowest BCUT2D eigenvalue weighted by atomic mass is 10.1. The molecule has 2 N–H and O–H groups in total. The van der Waals surface area contributed by atoms with E-state index >= 15 is 0 Å². The van der Waals surface area contributed by atoms with Crippen LogP contribution in [0.15, 0.2) is 24.3 Å². The normalized spacial score (nSPS) is 12.3. The third kappa shape index (κ3) is 4.75. The fraction of sp³-hybridized carbons (Fsp3) is 0.500. The highest BCUT2D eigenvalue weighted by Gasteiger charge is 2.10. The molecular formula is C14H23N2O2+. The quantitative estimate of drug-likeness (QED) is 0.759. The molecule has 0 saturated heterocycles. The van der Waals surface area contributed by atoms with Crippen LogP contribution >= 0.6 is 0 Å². The number of amides is 1. The second kappa shape index (κ2) is 7.01. The van der Waals surface area contributed by atoms with Crippen molar-refractivity contribution >= 4 is 5.91 Å². The van der Waals surface area contributed by atoms with Crippen molar-refractivity contribution in [3.63, 3.8) is 0 Å². The Balaban J connectivity index is 2.44. The SMILES string of the molecule is COc1ccc(C(=O)NC[C@@H](C)C[NH+](C)C)cc1. The van der Waals surface area contributed by atoms with Crippen LogP contribution in [-0.4, -0.2) is 40.2 Å². The third-order valence-corrected chi connectivity index (χ3v) is 2.72. The Morgan fingerprint density at radius 3 is 2.44 bits per heavy atom. The van der Waals surface area contributed by atoms with Crippen molar-refractivity contribution in [3.05, 3.63) is 29.8 Å². The number of methoxy groups -OCH3 is 1. The molecule has 0 unspecified atom stereocenters. The van der Waals surface area contributed by atoms with Crippen molar-refractivity contribution in [1.82, 2.24) is 5.32 Å². The second-order valence-electron chi connectivity index (χ2n) is 4.95. The molecule has 1 atom stereocenters. The zero-order valence-corrected chi connectivity index (χ0v) is 11.6. The van der Waals surface area contributed by atoms with E-state index in [9.17, 15) is 4.79 Å². The fourth-order valence-corrected chi connectivity index (χ4v) is 1.88. The maximum Gasteiger partial charge on any atom is 0.251 e. The first-order chi connectivity index (χ1) is 8.52. The highest BCUT2D eigenvalue weighted by Crippen LogP contribution is 2.11. The first-order valence-electron chi connectivity index (χ1n) is 6.24. The Hall–Kier alpha value is -1.55. The Bertz CT molecular complexity index is 374. The fourth-order valence-electron chi connectivity index (χ4n) is 1.88. The average Bonchev–Trinajstić information content (AvgIpc) is 2.35. The lowest BCUT2D eigenvalue weighted by Crippen LogP contribution is -3.06. The average molecular weight is 251 g/mol. The number of carbonyl (C=O) groups excluding carboxylic acids is 1. The number of quaternary nitrogens is 1. The molecule has 0 aliphatic heterocycles. The van der Waals surface area contributed by atoms with E-state index in [-0.39, 0.29) is 5.91 Å². The molecule has 1 aromatic carbocycles. The van der Waals surface area contributed by atoms with E-state index < -0.39 is 0 Å². The van der Waals surface area contributed by atoms with Crippen LogP contribution in [0.25, 0.3) is 0 Å². The smallest absolute Gasteiger partial charge is 0.251 e. The van der Waals surface area contributed by atoms with Gasteiger partial charge >= 0.3 is 0 Å². The Labute approximate surface area is 109 Å². The number of ether oxygens (including phenoxy) is 1. The lowest BCUT2D eigenvalue weighted by molar-refractivity contribution is -0.861. The molecule has 1 rings (SSSR count). The molecule has 0 radical (unpaired) electrons. The molecule has 0 bridgehead atoms. The molecule has 4 nitrogen and oxygen atoms in total. The predicted octanol–water partition coefficient (Wildman–Crippen LogP) is 0.206. The maximum absolute atomic E-state index is 11.9. The summed E-state index contributed by atoms with van der Waals surface area (Å²) >= 11 is 0. The molecule has 0 heterocycles. The van der Waals surface area contributed by atoms with Gasteiger partial charge in [-0.05, 0) is 24.3 Å². The first-order valence-corrected chi connectivity index (χ1v) is 6.24.